The lowest BCUT2D eigenvalue weighted by atomic mass is 9.93. The highest BCUT2D eigenvalue weighted by molar-refractivity contribution is 6.32. The van der Waals surface area contributed by atoms with Crippen molar-refractivity contribution >= 4 is 17.3 Å². The van der Waals surface area contributed by atoms with Crippen molar-refractivity contribution in [2.45, 2.75) is 18.8 Å². The zero-order valence-corrected chi connectivity index (χ0v) is 12.6. The molecule has 1 saturated heterocycles. The molecule has 0 amide bonds. The first kappa shape index (κ1) is 13.9. The Morgan fingerprint density at radius 1 is 1.38 bits per heavy atom. The summed E-state index contributed by atoms with van der Waals surface area (Å²) in [5.41, 5.74) is 2.63. The third-order valence-electron chi connectivity index (χ3n) is 4.08. The van der Waals surface area contributed by atoms with E-state index in [0.717, 1.165) is 31.6 Å². The first-order valence-electron chi connectivity index (χ1n) is 6.96. The first-order chi connectivity index (χ1) is 10.2. The van der Waals surface area contributed by atoms with Crippen LogP contribution in [0, 0.1) is 11.3 Å². The van der Waals surface area contributed by atoms with Crippen molar-refractivity contribution in [3.05, 3.63) is 41.2 Å². The van der Waals surface area contributed by atoms with Gasteiger partial charge in [-0.2, -0.15) is 5.26 Å². The SMILES string of the molecule is Cn1cncc1C1CCN(c2c(C#N)ccnc2Cl)CC1. The number of piperidine rings is 1. The van der Waals surface area contributed by atoms with E-state index < -0.39 is 0 Å². The summed E-state index contributed by atoms with van der Waals surface area (Å²) in [4.78, 5) is 10.5. The van der Waals surface area contributed by atoms with Crippen molar-refractivity contribution in [1.82, 2.24) is 14.5 Å². The number of nitriles is 1. The van der Waals surface area contributed by atoms with Gasteiger partial charge in [-0.05, 0) is 18.9 Å². The van der Waals surface area contributed by atoms with Crippen LogP contribution in [0.2, 0.25) is 5.15 Å². The van der Waals surface area contributed by atoms with Crippen LogP contribution < -0.4 is 4.90 Å². The molecular formula is C15H16ClN5. The average molecular weight is 302 g/mol. The molecule has 21 heavy (non-hydrogen) atoms. The Bertz CT molecular complexity index is 680. The number of imidazole rings is 1. The Morgan fingerprint density at radius 2 is 2.14 bits per heavy atom. The third-order valence-corrected chi connectivity index (χ3v) is 4.36. The minimum Gasteiger partial charge on any atom is -0.368 e. The topological polar surface area (TPSA) is 57.7 Å². The fourth-order valence-corrected chi connectivity index (χ4v) is 3.26. The smallest absolute Gasteiger partial charge is 0.153 e. The predicted octanol–water partition coefficient (Wildman–Crippen LogP) is 2.72. The number of aryl methyl sites for hydroxylation is 1. The summed E-state index contributed by atoms with van der Waals surface area (Å²) in [5, 5.41) is 9.65. The van der Waals surface area contributed by atoms with E-state index >= 15 is 0 Å². The van der Waals surface area contributed by atoms with Crippen molar-refractivity contribution < 1.29 is 0 Å². The molecule has 0 spiro atoms. The van der Waals surface area contributed by atoms with Gasteiger partial charge < -0.3 is 9.47 Å². The van der Waals surface area contributed by atoms with Gasteiger partial charge in [0.25, 0.3) is 0 Å². The zero-order valence-electron chi connectivity index (χ0n) is 11.8. The molecule has 1 aliphatic rings. The number of hydrogen-bond acceptors (Lipinski definition) is 4. The highest BCUT2D eigenvalue weighted by Gasteiger charge is 2.25. The molecular weight excluding hydrogens is 286 g/mol. The molecule has 0 aliphatic carbocycles. The van der Waals surface area contributed by atoms with Gasteiger partial charge in [0.1, 0.15) is 6.07 Å². The van der Waals surface area contributed by atoms with Gasteiger partial charge in [0.2, 0.25) is 0 Å². The van der Waals surface area contributed by atoms with Gasteiger partial charge in [0.15, 0.2) is 5.15 Å². The monoisotopic (exact) mass is 301 g/mol. The van der Waals surface area contributed by atoms with Crippen molar-refractivity contribution in [3.8, 4) is 6.07 Å². The van der Waals surface area contributed by atoms with E-state index in [9.17, 15) is 5.26 Å². The van der Waals surface area contributed by atoms with Gasteiger partial charge >= 0.3 is 0 Å². The third kappa shape index (κ3) is 2.59. The van der Waals surface area contributed by atoms with Crippen LogP contribution in [-0.2, 0) is 7.05 Å². The number of aromatic nitrogens is 3. The molecule has 0 saturated carbocycles. The van der Waals surface area contributed by atoms with Crippen LogP contribution in [0.15, 0.2) is 24.8 Å². The van der Waals surface area contributed by atoms with Crippen molar-refractivity contribution in [2.24, 2.45) is 7.05 Å². The molecule has 2 aromatic heterocycles. The van der Waals surface area contributed by atoms with Crippen LogP contribution >= 0.6 is 11.6 Å². The molecule has 0 N–H and O–H groups in total. The highest BCUT2D eigenvalue weighted by atomic mass is 35.5. The number of hydrogen-bond donors (Lipinski definition) is 0. The van der Waals surface area contributed by atoms with Crippen LogP contribution in [0.25, 0.3) is 0 Å². The maximum atomic E-state index is 9.24. The summed E-state index contributed by atoms with van der Waals surface area (Å²) in [6, 6.07) is 3.92. The molecule has 0 bridgehead atoms. The van der Waals surface area contributed by atoms with Crippen molar-refractivity contribution in [2.75, 3.05) is 18.0 Å². The second-order valence-corrected chi connectivity index (χ2v) is 5.66. The number of anilines is 1. The predicted molar refractivity (Wildman–Crippen MR) is 81.4 cm³/mol. The average Bonchev–Trinajstić information content (AvgIpc) is 2.93. The summed E-state index contributed by atoms with van der Waals surface area (Å²) in [5.74, 6) is 0.509. The second-order valence-electron chi connectivity index (χ2n) is 5.30. The van der Waals surface area contributed by atoms with E-state index in [1.165, 1.54) is 5.69 Å². The number of nitrogens with zero attached hydrogens (tertiary/aromatic N) is 5. The quantitative estimate of drug-likeness (QED) is 0.800. The normalized spacial score (nSPS) is 16.0. The maximum Gasteiger partial charge on any atom is 0.153 e. The van der Waals surface area contributed by atoms with E-state index in [2.05, 4.69) is 25.5 Å². The second kappa shape index (κ2) is 5.74. The molecule has 3 heterocycles. The molecule has 1 fully saturated rings. The van der Waals surface area contributed by atoms with Gasteiger partial charge in [-0.15, -0.1) is 0 Å². The molecule has 0 atom stereocenters. The van der Waals surface area contributed by atoms with Gasteiger partial charge in [-0.25, -0.2) is 9.97 Å². The fourth-order valence-electron chi connectivity index (χ4n) is 2.98. The molecule has 3 rings (SSSR count). The molecule has 108 valence electrons. The summed E-state index contributed by atoms with van der Waals surface area (Å²) in [6.07, 6.45) is 7.41. The van der Waals surface area contributed by atoms with Crippen LogP contribution in [0.3, 0.4) is 0 Å². The Labute approximate surface area is 128 Å². The number of halogens is 1. The summed E-state index contributed by atoms with van der Waals surface area (Å²) in [7, 11) is 2.03. The maximum absolute atomic E-state index is 9.24. The van der Waals surface area contributed by atoms with Crippen LogP contribution in [0.1, 0.15) is 30.0 Å². The molecule has 2 aromatic rings. The Morgan fingerprint density at radius 3 is 2.76 bits per heavy atom. The summed E-state index contributed by atoms with van der Waals surface area (Å²) < 4.78 is 2.08. The minimum atomic E-state index is 0.410. The zero-order chi connectivity index (χ0) is 14.8. The fraction of sp³-hybridized carbons (Fsp3) is 0.400. The van der Waals surface area contributed by atoms with E-state index in [1.807, 2.05) is 19.6 Å². The summed E-state index contributed by atoms with van der Waals surface area (Å²) >= 11 is 6.18. The van der Waals surface area contributed by atoms with Crippen molar-refractivity contribution in [3.63, 3.8) is 0 Å². The summed E-state index contributed by atoms with van der Waals surface area (Å²) in [6.45, 7) is 1.74. The van der Waals surface area contributed by atoms with Gasteiger partial charge in [0, 0.05) is 44.1 Å². The van der Waals surface area contributed by atoms with Crippen LogP contribution in [0.4, 0.5) is 5.69 Å². The van der Waals surface area contributed by atoms with Crippen LogP contribution in [-0.4, -0.2) is 27.6 Å². The van der Waals surface area contributed by atoms with Crippen LogP contribution in [0.5, 0.6) is 0 Å². The molecule has 6 heteroatoms. The lowest BCUT2D eigenvalue weighted by Gasteiger charge is -2.34. The van der Waals surface area contributed by atoms with Gasteiger partial charge in [0.05, 0.1) is 17.6 Å². The molecule has 0 unspecified atom stereocenters. The molecule has 1 aliphatic heterocycles. The van der Waals surface area contributed by atoms with Crippen molar-refractivity contribution in [1.29, 1.82) is 5.26 Å². The lowest BCUT2D eigenvalue weighted by molar-refractivity contribution is 0.485. The molecule has 0 aromatic carbocycles. The number of rotatable bonds is 2. The minimum absolute atomic E-state index is 0.410. The lowest BCUT2D eigenvalue weighted by Crippen LogP contribution is -2.34. The number of pyridine rings is 1. The van der Waals surface area contributed by atoms with Gasteiger partial charge in [-0.1, -0.05) is 11.6 Å². The Kier molecular flexibility index (Phi) is 3.80. The van der Waals surface area contributed by atoms with E-state index in [4.69, 9.17) is 11.6 Å². The Hall–Kier alpha value is -2.06. The molecule has 5 nitrogen and oxygen atoms in total. The van der Waals surface area contributed by atoms with E-state index in [0.29, 0.717) is 16.6 Å². The van der Waals surface area contributed by atoms with E-state index in [-0.39, 0.29) is 0 Å². The Balaban J connectivity index is 1.78. The first-order valence-corrected chi connectivity index (χ1v) is 7.34. The standard InChI is InChI=1S/C15H16ClN5/c1-20-10-18-9-13(20)11-3-6-21(7-4-11)14-12(8-17)2-5-19-15(14)16/h2,5,9-11H,3-4,6-7H2,1H3. The largest absolute Gasteiger partial charge is 0.368 e. The highest BCUT2D eigenvalue weighted by Crippen LogP contribution is 2.34. The van der Waals surface area contributed by atoms with E-state index in [1.54, 1.807) is 12.3 Å². The van der Waals surface area contributed by atoms with Gasteiger partial charge in [-0.3, -0.25) is 0 Å². The molecule has 0 radical (unpaired) electrons.